The first-order valence-electron chi connectivity index (χ1n) is 6.34. The molecule has 1 aromatic carbocycles. The van der Waals surface area contributed by atoms with E-state index in [2.05, 4.69) is 30.5 Å². The molecule has 0 aromatic heterocycles. The molecule has 18 heavy (non-hydrogen) atoms. The fourth-order valence-electron chi connectivity index (χ4n) is 1.57. The summed E-state index contributed by atoms with van der Waals surface area (Å²) >= 11 is 0. The summed E-state index contributed by atoms with van der Waals surface area (Å²) in [5.41, 5.74) is 1.16. The van der Waals surface area contributed by atoms with E-state index in [-0.39, 0.29) is 18.6 Å². The maximum absolute atomic E-state index is 11.1. The number of likely N-dealkylation sites (N-methyl/N-ethyl adjacent to an activating group) is 1. The largest absolute Gasteiger partial charge is 0.484 e. The van der Waals surface area contributed by atoms with E-state index in [4.69, 9.17) is 4.74 Å². The average molecular weight is 250 g/mol. The van der Waals surface area contributed by atoms with Crippen molar-refractivity contribution in [2.75, 3.05) is 20.2 Å². The van der Waals surface area contributed by atoms with Crippen LogP contribution in [0.5, 0.6) is 5.75 Å². The lowest BCUT2D eigenvalue weighted by molar-refractivity contribution is -0.122. The van der Waals surface area contributed by atoms with Crippen LogP contribution in [0.25, 0.3) is 0 Å². The van der Waals surface area contributed by atoms with Gasteiger partial charge >= 0.3 is 0 Å². The molecule has 0 bridgehead atoms. The lowest BCUT2D eigenvalue weighted by Gasteiger charge is -2.14. The van der Waals surface area contributed by atoms with E-state index in [1.807, 2.05) is 18.2 Å². The molecule has 0 heterocycles. The summed E-state index contributed by atoms with van der Waals surface area (Å²) in [5.74, 6) is 0.596. The van der Waals surface area contributed by atoms with E-state index in [0.717, 1.165) is 24.3 Å². The Bertz CT molecular complexity index is 380. The normalized spacial score (nSPS) is 11.9. The molecular weight excluding hydrogens is 228 g/mol. The van der Waals surface area contributed by atoms with Crippen molar-refractivity contribution >= 4 is 5.91 Å². The summed E-state index contributed by atoms with van der Waals surface area (Å²) in [6, 6.07) is 8.11. The number of hydrogen-bond donors (Lipinski definition) is 2. The molecule has 0 saturated heterocycles. The van der Waals surface area contributed by atoms with Gasteiger partial charge in [-0.1, -0.05) is 19.1 Å². The molecule has 0 radical (unpaired) electrons. The molecule has 4 nitrogen and oxygen atoms in total. The molecule has 2 N–H and O–H groups in total. The quantitative estimate of drug-likeness (QED) is 0.776. The molecule has 0 aliphatic rings. The highest BCUT2D eigenvalue weighted by atomic mass is 16.5. The van der Waals surface area contributed by atoms with Gasteiger partial charge < -0.3 is 15.4 Å². The molecule has 0 aliphatic heterocycles. The third kappa shape index (κ3) is 4.75. The van der Waals surface area contributed by atoms with Crippen molar-refractivity contribution in [2.45, 2.75) is 26.3 Å². The molecule has 0 saturated carbocycles. The average Bonchev–Trinajstić information content (AvgIpc) is 2.42. The number of hydrogen-bond acceptors (Lipinski definition) is 3. The molecule has 0 aliphatic carbocycles. The highest BCUT2D eigenvalue weighted by molar-refractivity contribution is 5.77. The van der Waals surface area contributed by atoms with Gasteiger partial charge in [0, 0.05) is 13.1 Å². The Balaban J connectivity index is 2.58. The number of nitrogens with one attached hydrogen (secondary N) is 2. The van der Waals surface area contributed by atoms with Gasteiger partial charge in [-0.3, -0.25) is 4.79 Å². The molecule has 1 rings (SSSR count). The van der Waals surface area contributed by atoms with Crippen molar-refractivity contribution in [3.8, 4) is 5.75 Å². The van der Waals surface area contributed by atoms with Crippen LogP contribution in [0.15, 0.2) is 24.3 Å². The molecular formula is C14H22N2O2. The van der Waals surface area contributed by atoms with Crippen LogP contribution in [0.1, 0.15) is 31.9 Å². The van der Waals surface area contributed by atoms with Gasteiger partial charge in [0.15, 0.2) is 6.61 Å². The lowest BCUT2D eigenvalue weighted by Crippen LogP contribution is -2.25. The summed E-state index contributed by atoms with van der Waals surface area (Å²) in [6.45, 7) is 5.30. The van der Waals surface area contributed by atoms with Crippen molar-refractivity contribution < 1.29 is 9.53 Å². The van der Waals surface area contributed by atoms with Crippen LogP contribution >= 0.6 is 0 Å². The van der Waals surface area contributed by atoms with Gasteiger partial charge in [0.05, 0.1) is 0 Å². The van der Waals surface area contributed by atoms with Crippen LogP contribution in [0.4, 0.5) is 0 Å². The standard InChI is InChI=1S/C14H22N2O2/c1-4-8-16-11(2)12-6-5-7-13(9-12)18-10-14(17)15-3/h5-7,9,11,16H,4,8,10H2,1-3H3,(H,15,17). The molecule has 100 valence electrons. The first-order valence-corrected chi connectivity index (χ1v) is 6.34. The maximum Gasteiger partial charge on any atom is 0.257 e. The molecule has 0 spiro atoms. The fraction of sp³-hybridized carbons (Fsp3) is 0.500. The molecule has 4 heteroatoms. The Morgan fingerprint density at radius 1 is 1.44 bits per heavy atom. The minimum atomic E-state index is -0.127. The van der Waals surface area contributed by atoms with Crippen LogP contribution in [-0.2, 0) is 4.79 Å². The van der Waals surface area contributed by atoms with Gasteiger partial charge in [-0.15, -0.1) is 0 Å². The van der Waals surface area contributed by atoms with Gasteiger partial charge in [-0.05, 0) is 37.6 Å². The second-order valence-electron chi connectivity index (χ2n) is 4.21. The van der Waals surface area contributed by atoms with Crippen molar-refractivity contribution in [2.24, 2.45) is 0 Å². The number of ether oxygens (including phenoxy) is 1. The van der Waals surface area contributed by atoms with Crippen molar-refractivity contribution in [1.82, 2.24) is 10.6 Å². The zero-order valence-electron chi connectivity index (χ0n) is 11.3. The van der Waals surface area contributed by atoms with Gasteiger partial charge in [0.2, 0.25) is 0 Å². The SMILES string of the molecule is CCCNC(C)c1cccc(OCC(=O)NC)c1. The Kier molecular flexibility index (Phi) is 6.22. The highest BCUT2D eigenvalue weighted by Crippen LogP contribution is 2.18. The van der Waals surface area contributed by atoms with Crippen LogP contribution in [-0.4, -0.2) is 26.1 Å². The van der Waals surface area contributed by atoms with Crippen molar-refractivity contribution in [3.63, 3.8) is 0 Å². The van der Waals surface area contributed by atoms with E-state index in [0.29, 0.717) is 0 Å². The topological polar surface area (TPSA) is 50.4 Å². The van der Waals surface area contributed by atoms with Gasteiger partial charge in [-0.2, -0.15) is 0 Å². The Morgan fingerprint density at radius 2 is 2.22 bits per heavy atom. The van der Waals surface area contributed by atoms with Gasteiger partial charge in [0.1, 0.15) is 5.75 Å². The molecule has 0 fully saturated rings. The van der Waals surface area contributed by atoms with E-state index < -0.39 is 0 Å². The Labute approximate surface area is 109 Å². The van der Waals surface area contributed by atoms with E-state index in [1.165, 1.54) is 0 Å². The van der Waals surface area contributed by atoms with Crippen LogP contribution < -0.4 is 15.4 Å². The third-order valence-corrected chi connectivity index (χ3v) is 2.71. The fourth-order valence-corrected chi connectivity index (χ4v) is 1.57. The van der Waals surface area contributed by atoms with Crippen molar-refractivity contribution in [1.29, 1.82) is 0 Å². The minimum Gasteiger partial charge on any atom is -0.484 e. The lowest BCUT2D eigenvalue weighted by atomic mass is 10.1. The van der Waals surface area contributed by atoms with E-state index >= 15 is 0 Å². The predicted molar refractivity (Wildman–Crippen MR) is 72.7 cm³/mol. The van der Waals surface area contributed by atoms with Crippen molar-refractivity contribution in [3.05, 3.63) is 29.8 Å². The summed E-state index contributed by atoms with van der Waals surface area (Å²) in [7, 11) is 1.60. The maximum atomic E-state index is 11.1. The number of benzene rings is 1. The molecule has 1 aromatic rings. The smallest absolute Gasteiger partial charge is 0.257 e. The van der Waals surface area contributed by atoms with Crippen LogP contribution in [0.2, 0.25) is 0 Å². The summed E-state index contributed by atoms with van der Waals surface area (Å²) < 4.78 is 5.41. The Morgan fingerprint density at radius 3 is 2.89 bits per heavy atom. The second kappa shape index (κ2) is 7.71. The van der Waals surface area contributed by atoms with Gasteiger partial charge in [-0.25, -0.2) is 0 Å². The number of carbonyl (C=O) groups is 1. The number of carbonyl (C=O) groups excluding carboxylic acids is 1. The van der Waals surface area contributed by atoms with E-state index in [9.17, 15) is 4.79 Å². The minimum absolute atomic E-state index is 0.0523. The zero-order valence-corrected chi connectivity index (χ0v) is 11.3. The highest BCUT2D eigenvalue weighted by Gasteiger charge is 2.06. The number of rotatable bonds is 7. The predicted octanol–water partition coefficient (Wildman–Crippen LogP) is 1.87. The van der Waals surface area contributed by atoms with E-state index in [1.54, 1.807) is 7.05 Å². The first kappa shape index (κ1) is 14.5. The summed E-state index contributed by atoms with van der Waals surface area (Å²) in [6.07, 6.45) is 1.11. The first-order chi connectivity index (χ1) is 8.67. The second-order valence-corrected chi connectivity index (χ2v) is 4.21. The number of amides is 1. The summed E-state index contributed by atoms with van der Waals surface area (Å²) in [4.78, 5) is 11.1. The molecule has 1 amide bonds. The third-order valence-electron chi connectivity index (χ3n) is 2.71. The van der Waals surface area contributed by atoms with Crippen LogP contribution in [0.3, 0.4) is 0 Å². The Hall–Kier alpha value is -1.55. The van der Waals surface area contributed by atoms with Crippen LogP contribution in [0, 0.1) is 0 Å². The summed E-state index contributed by atoms with van der Waals surface area (Å²) in [5, 5.41) is 5.94. The zero-order chi connectivity index (χ0) is 13.4. The monoisotopic (exact) mass is 250 g/mol. The molecule has 1 unspecified atom stereocenters. The molecule has 1 atom stereocenters. The van der Waals surface area contributed by atoms with Gasteiger partial charge in [0.25, 0.3) is 5.91 Å².